The van der Waals surface area contributed by atoms with Crippen LogP contribution in [0.5, 0.6) is 5.75 Å². The molecule has 0 saturated carbocycles. The molecule has 1 atom stereocenters. The van der Waals surface area contributed by atoms with Gasteiger partial charge in [0.05, 0.1) is 5.56 Å². The van der Waals surface area contributed by atoms with Gasteiger partial charge < -0.3 is 15.2 Å². The molecule has 0 radical (unpaired) electrons. The number of anilines is 1. The van der Waals surface area contributed by atoms with E-state index in [0.717, 1.165) is 16.8 Å². The smallest absolute Gasteiger partial charge is 0.339 e. The van der Waals surface area contributed by atoms with Crippen LogP contribution in [0.3, 0.4) is 0 Å². The quantitative estimate of drug-likeness (QED) is 0.806. The topological polar surface area (TPSA) is 75.6 Å². The maximum absolute atomic E-state index is 12.4. The number of aromatic hydroxyl groups is 1. The Labute approximate surface area is 147 Å². The lowest BCUT2D eigenvalue weighted by molar-refractivity contribution is -0.123. The zero-order valence-corrected chi connectivity index (χ0v) is 14.9. The molecule has 0 aliphatic heterocycles. The highest BCUT2D eigenvalue weighted by molar-refractivity contribution is 5.98. The average Bonchev–Trinajstić information content (AvgIpc) is 2.56. The van der Waals surface area contributed by atoms with E-state index in [1.807, 2.05) is 25.1 Å². The predicted molar refractivity (Wildman–Crippen MR) is 96.9 cm³/mol. The lowest BCUT2D eigenvalue weighted by Crippen LogP contribution is -2.30. The molecule has 0 bridgehead atoms. The van der Waals surface area contributed by atoms with Gasteiger partial charge in [0.25, 0.3) is 5.91 Å². The highest BCUT2D eigenvalue weighted by Gasteiger charge is 2.21. The number of nitrogens with one attached hydrogen (secondary N) is 1. The molecule has 132 valence electrons. The normalized spacial score (nSPS) is 11.9. The Morgan fingerprint density at radius 3 is 2.40 bits per heavy atom. The van der Waals surface area contributed by atoms with Crippen LogP contribution in [0.25, 0.3) is 0 Å². The Balaban J connectivity index is 2.10. The molecular formula is C20H23NO4. The first-order valence-corrected chi connectivity index (χ1v) is 8.20. The van der Waals surface area contributed by atoms with Crippen molar-refractivity contribution in [3.8, 4) is 5.75 Å². The van der Waals surface area contributed by atoms with Gasteiger partial charge in [-0.05, 0) is 49.1 Å². The zero-order chi connectivity index (χ0) is 18.6. The Morgan fingerprint density at radius 1 is 1.08 bits per heavy atom. The third-order valence-electron chi connectivity index (χ3n) is 3.91. The summed E-state index contributed by atoms with van der Waals surface area (Å²) in [6.45, 7) is 7.54. The number of hydrogen-bond donors (Lipinski definition) is 2. The van der Waals surface area contributed by atoms with Crippen molar-refractivity contribution in [1.82, 2.24) is 0 Å². The molecular weight excluding hydrogens is 318 g/mol. The van der Waals surface area contributed by atoms with Crippen LogP contribution in [0.15, 0.2) is 42.5 Å². The summed E-state index contributed by atoms with van der Waals surface area (Å²) in [6.07, 6.45) is -0.963. The van der Waals surface area contributed by atoms with Crippen molar-refractivity contribution in [2.75, 3.05) is 5.32 Å². The van der Waals surface area contributed by atoms with E-state index in [2.05, 4.69) is 19.2 Å². The molecule has 0 unspecified atom stereocenters. The molecule has 5 heteroatoms. The van der Waals surface area contributed by atoms with Crippen LogP contribution < -0.4 is 5.32 Å². The molecule has 0 aliphatic rings. The van der Waals surface area contributed by atoms with Crippen molar-refractivity contribution in [1.29, 1.82) is 0 Å². The Morgan fingerprint density at radius 2 is 1.76 bits per heavy atom. The minimum absolute atomic E-state index is 0.0342. The van der Waals surface area contributed by atoms with Gasteiger partial charge in [0.2, 0.25) is 0 Å². The van der Waals surface area contributed by atoms with Gasteiger partial charge in [-0.15, -0.1) is 0 Å². The number of ether oxygens (including phenoxy) is 1. The van der Waals surface area contributed by atoms with Gasteiger partial charge in [0.1, 0.15) is 5.75 Å². The highest BCUT2D eigenvalue weighted by atomic mass is 16.5. The summed E-state index contributed by atoms with van der Waals surface area (Å²) in [5, 5.41) is 12.3. The second-order valence-corrected chi connectivity index (χ2v) is 6.28. The molecule has 1 amide bonds. The van der Waals surface area contributed by atoms with Crippen molar-refractivity contribution in [2.24, 2.45) is 0 Å². The van der Waals surface area contributed by atoms with Crippen LogP contribution in [-0.2, 0) is 9.53 Å². The van der Waals surface area contributed by atoms with Crippen molar-refractivity contribution < 1.29 is 19.4 Å². The molecule has 25 heavy (non-hydrogen) atoms. The monoisotopic (exact) mass is 341 g/mol. The van der Waals surface area contributed by atoms with Gasteiger partial charge in [0.15, 0.2) is 6.10 Å². The Hall–Kier alpha value is -2.82. The number of aryl methyl sites for hydroxylation is 1. The maximum Gasteiger partial charge on any atom is 0.339 e. The fraction of sp³-hybridized carbons (Fsp3) is 0.300. The highest BCUT2D eigenvalue weighted by Crippen LogP contribution is 2.27. The van der Waals surface area contributed by atoms with Crippen LogP contribution >= 0.6 is 0 Å². The third kappa shape index (κ3) is 4.59. The number of hydrogen-bond acceptors (Lipinski definition) is 4. The Bertz CT molecular complexity index is 783. The number of para-hydroxylation sites is 1. The SMILES string of the molecule is Cc1cccc(C(C)C)c1NC(=O)[C@H](C)OC(=O)c1cccc(O)c1. The van der Waals surface area contributed by atoms with Gasteiger partial charge >= 0.3 is 5.97 Å². The van der Waals surface area contributed by atoms with Crippen molar-refractivity contribution in [2.45, 2.75) is 39.7 Å². The summed E-state index contributed by atoms with van der Waals surface area (Å²) in [5.41, 5.74) is 2.92. The number of carbonyl (C=O) groups is 2. The van der Waals surface area contributed by atoms with Gasteiger partial charge in [0, 0.05) is 5.69 Å². The second-order valence-electron chi connectivity index (χ2n) is 6.28. The first-order valence-electron chi connectivity index (χ1n) is 8.20. The largest absolute Gasteiger partial charge is 0.508 e. The van der Waals surface area contributed by atoms with Crippen LogP contribution in [0.1, 0.15) is 48.2 Å². The number of amides is 1. The summed E-state index contributed by atoms with van der Waals surface area (Å²) in [7, 11) is 0. The summed E-state index contributed by atoms with van der Waals surface area (Å²) >= 11 is 0. The molecule has 5 nitrogen and oxygen atoms in total. The lowest BCUT2D eigenvalue weighted by atomic mass is 9.98. The number of benzene rings is 2. The van der Waals surface area contributed by atoms with E-state index in [9.17, 15) is 14.7 Å². The molecule has 2 rings (SSSR count). The molecule has 2 N–H and O–H groups in total. The first-order chi connectivity index (χ1) is 11.8. The van der Waals surface area contributed by atoms with Crippen molar-refractivity contribution >= 4 is 17.6 Å². The summed E-state index contributed by atoms with van der Waals surface area (Å²) in [4.78, 5) is 24.5. The minimum Gasteiger partial charge on any atom is -0.508 e. The predicted octanol–water partition coefficient (Wildman–Crippen LogP) is 4.01. The standard InChI is InChI=1S/C20H23NO4/c1-12(2)17-10-5-7-13(3)18(17)21-19(23)14(4)25-20(24)15-8-6-9-16(22)11-15/h5-12,14,22H,1-4H3,(H,21,23)/t14-/m0/s1. The molecule has 0 spiro atoms. The number of esters is 1. The third-order valence-corrected chi connectivity index (χ3v) is 3.91. The van der Waals surface area contributed by atoms with E-state index >= 15 is 0 Å². The second kappa shape index (κ2) is 7.83. The van der Waals surface area contributed by atoms with Gasteiger partial charge in [-0.25, -0.2) is 4.79 Å². The number of carbonyl (C=O) groups excluding carboxylic acids is 2. The average molecular weight is 341 g/mol. The summed E-state index contributed by atoms with van der Waals surface area (Å²) in [6, 6.07) is 11.7. The van der Waals surface area contributed by atoms with E-state index in [-0.39, 0.29) is 17.2 Å². The molecule has 0 saturated heterocycles. The van der Waals surface area contributed by atoms with Crippen molar-refractivity contribution in [3.05, 3.63) is 59.2 Å². The first kappa shape index (κ1) is 18.5. The fourth-order valence-electron chi connectivity index (χ4n) is 2.48. The van der Waals surface area contributed by atoms with Crippen LogP contribution in [0, 0.1) is 6.92 Å². The minimum atomic E-state index is -0.963. The molecule has 2 aromatic rings. The van der Waals surface area contributed by atoms with Crippen molar-refractivity contribution in [3.63, 3.8) is 0 Å². The molecule has 0 aromatic heterocycles. The fourth-order valence-corrected chi connectivity index (χ4v) is 2.48. The van der Waals surface area contributed by atoms with E-state index in [4.69, 9.17) is 4.74 Å². The van der Waals surface area contributed by atoms with E-state index in [1.54, 1.807) is 6.07 Å². The van der Waals surface area contributed by atoms with Crippen LogP contribution in [0.2, 0.25) is 0 Å². The summed E-state index contributed by atoms with van der Waals surface area (Å²) < 4.78 is 5.20. The summed E-state index contributed by atoms with van der Waals surface area (Å²) in [5.74, 6) is -0.842. The van der Waals surface area contributed by atoms with Gasteiger partial charge in [-0.1, -0.05) is 38.1 Å². The molecule has 0 heterocycles. The molecule has 0 aliphatic carbocycles. The number of phenolic OH excluding ortho intramolecular Hbond substituents is 1. The van der Waals surface area contributed by atoms with E-state index < -0.39 is 18.0 Å². The lowest BCUT2D eigenvalue weighted by Gasteiger charge is -2.19. The molecule has 0 fully saturated rings. The van der Waals surface area contributed by atoms with Crippen LogP contribution in [0.4, 0.5) is 5.69 Å². The Kier molecular flexibility index (Phi) is 5.80. The number of rotatable bonds is 5. The van der Waals surface area contributed by atoms with Gasteiger partial charge in [-0.2, -0.15) is 0 Å². The zero-order valence-electron chi connectivity index (χ0n) is 14.9. The maximum atomic E-state index is 12.4. The van der Waals surface area contributed by atoms with E-state index in [1.165, 1.54) is 25.1 Å². The van der Waals surface area contributed by atoms with E-state index in [0.29, 0.717) is 0 Å². The van der Waals surface area contributed by atoms with Crippen LogP contribution in [-0.4, -0.2) is 23.1 Å². The number of phenols is 1. The molecule has 2 aromatic carbocycles. The van der Waals surface area contributed by atoms with Gasteiger partial charge in [-0.3, -0.25) is 4.79 Å².